The fourth-order valence-electron chi connectivity index (χ4n) is 2.19. The predicted octanol–water partition coefficient (Wildman–Crippen LogP) is 3.27. The van der Waals surface area contributed by atoms with Crippen LogP contribution in [0.15, 0.2) is 54.6 Å². The number of fused-ring (bicyclic) bond motifs is 1. The number of nitriles is 1. The highest BCUT2D eigenvalue weighted by molar-refractivity contribution is 5.90. The molecule has 0 radical (unpaired) electrons. The molecule has 2 aromatic carbocycles. The van der Waals surface area contributed by atoms with Gasteiger partial charge in [-0.1, -0.05) is 42.5 Å². The number of nitrogen functional groups attached to an aromatic ring is 1. The number of para-hydroxylation sites is 1. The molecule has 21 heavy (non-hydrogen) atoms. The zero-order valence-corrected chi connectivity index (χ0v) is 11.3. The van der Waals surface area contributed by atoms with Crippen LogP contribution in [0.1, 0.15) is 11.1 Å². The van der Waals surface area contributed by atoms with Gasteiger partial charge in [-0.05, 0) is 17.7 Å². The molecule has 0 aliphatic rings. The van der Waals surface area contributed by atoms with Crippen LogP contribution >= 0.6 is 0 Å². The molecule has 3 aromatic rings. The third-order valence-electron chi connectivity index (χ3n) is 3.21. The van der Waals surface area contributed by atoms with Crippen LogP contribution in [0, 0.1) is 11.3 Å². The van der Waals surface area contributed by atoms with Gasteiger partial charge in [0, 0.05) is 5.39 Å². The normalized spacial score (nSPS) is 10.2. The van der Waals surface area contributed by atoms with Crippen molar-refractivity contribution in [3.05, 3.63) is 65.7 Å². The van der Waals surface area contributed by atoms with Crippen molar-refractivity contribution in [1.82, 2.24) is 4.98 Å². The zero-order valence-electron chi connectivity index (χ0n) is 11.3. The number of nitrogens with two attached hydrogens (primary N) is 1. The maximum Gasteiger partial charge on any atom is 0.150 e. The lowest BCUT2D eigenvalue weighted by atomic mass is 10.1. The summed E-state index contributed by atoms with van der Waals surface area (Å²) in [7, 11) is 0. The molecule has 1 aromatic heterocycles. The van der Waals surface area contributed by atoms with Crippen LogP contribution in [0.25, 0.3) is 10.9 Å². The van der Waals surface area contributed by atoms with Gasteiger partial charge in [0.05, 0.1) is 5.52 Å². The molecule has 0 amide bonds. The summed E-state index contributed by atoms with van der Waals surface area (Å²) >= 11 is 0. The molecular weight excluding hydrogens is 262 g/mol. The topological polar surface area (TPSA) is 71.9 Å². The third kappa shape index (κ3) is 2.49. The first kappa shape index (κ1) is 12.9. The van der Waals surface area contributed by atoms with E-state index in [4.69, 9.17) is 10.5 Å². The van der Waals surface area contributed by atoms with Gasteiger partial charge in [0.2, 0.25) is 0 Å². The second-order valence-corrected chi connectivity index (χ2v) is 4.60. The minimum Gasteiger partial charge on any atom is -0.487 e. The van der Waals surface area contributed by atoms with Crippen molar-refractivity contribution in [2.24, 2.45) is 0 Å². The van der Waals surface area contributed by atoms with Crippen LogP contribution in [-0.4, -0.2) is 4.98 Å². The van der Waals surface area contributed by atoms with Crippen molar-refractivity contribution in [1.29, 1.82) is 5.26 Å². The molecular formula is C17H13N3O. The highest BCUT2D eigenvalue weighted by Crippen LogP contribution is 2.32. The summed E-state index contributed by atoms with van der Waals surface area (Å²) in [6.07, 6.45) is 0. The number of rotatable bonds is 3. The first-order valence-corrected chi connectivity index (χ1v) is 6.54. The van der Waals surface area contributed by atoms with E-state index in [-0.39, 0.29) is 11.4 Å². The van der Waals surface area contributed by atoms with Crippen LogP contribution in [0.4, 0.5) is 5.82 Å². The van der Waals surface area contributed by atoms with Crippen molar-refractivity contribution < 1.29 is 4.74 Å². The maximum atomic E-state index is 9.31. The van der Waals surface area contributed by atoms with E-state index in [0.29, 0.717) is 12.4 Å². The molecule has 2 N–H and O–H groups in total. The molecule has 0 spiro atoms. The number of ether oxygens (including phenoxy) is 1. The van der Waals surface area contributed by atoms with Gasteiger partial charge in [-0.15, -0.1) is 0 Å². The maximum absolute atomic E-state index is 9.31. The van der Waals surface area contributed by atoms with Gasteiger partial charge in [-0.25, -0.2) is 4.98 Å². The first-order chi connectivity index (χ1) is 10.3. The third-order valence-corrected chi connectivity index (χ3v) is 3.21. The van der Waals surface area contributed by atoms with E-state index in [2.05, 4.69) is 11.1 Å². The Morgan fingerprint density at radius 3 is 2.52 bits per heavy atom. The summed E-state index contributed by atoms with van der Waals surface area (Å²) in [5.74, 6) is 0.684. The minimum absolute atomic E-state index is 0.194. The van der Waals surface area contributed by atoms with Gasteiger partial charge in [-0.2, -0.15) is 5.26 Å². The molecule has 102 valence electrons. The van der Waals surface area contributed by atoms with Gasteiger partial charge in [-0.3, -0.25) is 0 Å². The van der Waals surface area contributed by atoms with Crippen LogP contribution in [0.3, 0.4) is 0 Å². The summed E-state index contributed by atoms with van der Waals surface area (Å²) in [5, 5.41) is 10.1. The second-order valence-electron chi connectivity index (χ2n) is 4.60. The Morgan fingerprint density at radius 1 is 1.05 bits per heavy atom. The van der Waals surface area contributed by atoms with E-state index in [1.807, 2.05) is 54.6 Å². The van der Waals surface area contributed by atoms with Gasteiger partial charge in [0.25, 0.3) is 0 Å². The standard InChI is InChI=1S/C17H13N3O/c18-10-14-16(21-11-12-6-2-1-3-7-12)13-8-4-5-9-15(13)20-17(14)19/h1-9H,11H2,(H2,19,20). The minimum atomic E-state index is 0.194. The van der Waals surface area contributed by atoms with Crippen molar-refractivity contribution >= 4 is 16.7 Å². The number of anilines is 1. The van der Waals surface area contributed by atoms with Gasteiger partial charge >= 0.3 is 0 Å². The average Bonchev–Trinajstić information content (AvgIpc) is 2.53. The quantitative estimate of drug-likeness (QED) is 0.796. The monoisotopic (exact) mass is 275 g/mol. The molecule has 0 unspecified atom stereocenters. The largest absolute Gasteiger partial charge is 0.487 e. The molecule has 4 nitrogen and oxygen atoms in total. The molecule has 0 fully saturated rings. The fraction of sp³-hybridized carbons (Fsp3) is 0.0588. The predicted molar refractivity (Wildman–Crippen MR) is 81.6 cm³/mol. The van der Waals surface area contributed by atoms with E-state index < -0.39 is 0 Å². The van der Waals surface area contributed by atoms with Crippen LogP contribution in [0.5, 0.6) is 5.75 Å². The van der Waals surface area contributed by atoms with Gasteiger partial charge in [0.15, 0.2) is 5.75 Å². The lowest BCUT2D eigenvalue weighted by molar-refractivity contribution is 0.309. The fourth-order valence-corrected chi connectivity index (χ4v) is 2.19. The lowest BCUT2D eigenvalue weighted by Crippen LogP contribution is -2.03. The van der Waals surface area contributed by atoms with E-state index in [1.165, 1.54) is 0 Å². The van der Waals surface area contributed by atoms with E-state index in [0.717, 1.165) is 16.5 Å². The molecule has 0 aliphatic heterocycles. The Kier molecular flexibility index (Phi) is 3.40. The van der Waals surface area contributed by atoms with E-state index in [1.54, 1.807) is 0 Å². The van der Waals surface area contributed by atoms with Gasteiger partial charge < -0.3 is 10.5 Å². The summed E-state index contributed by atoms with van der Waals surface area (Å²) in [5.41, 5.74) is 7.88. The zero-order chi connectivity index (χ0) is 14.7. The number of nitrogens with zero attached hydrogens (tertiary/aromatic N) is 2. The molecule has 0 atom stereocenters. The van der Waals surface area contributed by atoms with Crippen molar-refractivity contribution in [3.8, 4) is 11.8 Å². The molecule has 0 saturated heterocycles. The molecule has 4 heteroatoms. The molecule has 0 saturated carbocycles. The van der Waals surface area contributed by atoms with E-state index >= 15 is 0 Å². The summed E-state index contributed by atoms with van der Waals surface area (Å²) in [4.78, 5) is 4.24. The summed E-state index contributed by atoms with van der Waals surface area (Å²) in [6, 6.07) is 19.4. The number of benzene rings is 2. The number of hydrogen-bond acceptors (Lipinski definition) is 4. The Balaban J connectivity index is 2.05. The van der Waals surface area contributed by atoms with Crippen molar-refractivity contribution in [2.75, 3.05) is 5.73 Å². The highest BCUT2D eigenvalue weighted by Gasteiger charge is 2.14. The molecule has 0 aliphatic carbocycles. The Bertz CT molecular complexity index is 823. The van der Waals surface area contributed by atoms with Gasteiger partial charge in [0.1, 0.15) is 24.1 Å². The average molecular weight is 275 g/mol. The SMILES string of the molecule is N#Cc1c(N)nc2ccccc2c1OCc1ccccc1. The number of aromatic nitrogens is 1. The van der Waals surface area contributed by atoms with Crippen LogP contribution in [0.2, 0.25) is 0 Å². The van der Waals surface area contributed by atoms with Crippen LogP contribution < -0.4 is 10.5 Å². The second kappa shape index (κ2) is 5.51. The smallest absolute Gasteiger partial charge is 0.150 e. The molecule has 3 rings (SSSR count). The number of hydrogen-bond donors (Lipinski definition) is 1. The summed E-state index contributed by atoms with van der Waals surface area (Å²) in [6.45, 7) is 0.378. The molecule has 1 heterocycles. The lowest BCUT2D eigenvalue weighted by Gasteiger charge is -2.12. The van der Waals surface area contributed by atoms with E-state index in [9.17, 15) is 5.26 Å². The first-order valence-electron chi connectivity index (χ1n) is 6.54. The van der Waals surface area contributed by atoms with Crippen molar-refractivity contribution in [2.45, 2.75) is 6.61 Å². The van der Waals surface area contributed by atoms with Crippen LogP contribution in [-0.2, 0) is 6.61 Å². The Morgan fingerprint density at radius 2 is 1.76 bits per heavy atom. The number of pyridine rings is 1. The highest BCUT2D eigenvalue weighted by atomic mass is 16.5. The van der Waals surface area contributed by atoms with Crippen molar-refractivity contribution in [3.63, 3.8) is 0 Å². The Labute approximate surface area is 122 Å². The Hall–Kier alpha value is -3.06. The molecule has 0 bridgehead atoms. The summed E-state index contributed by atoms with van der Waals surface area (Å²) < 4.78 is 5.87.